The average Bonchev–Trinajstić information content (AvgIpc) is 2.54. The molecule has 0 bridgehead atoms. The number of pyridine rings is 1. The number of nitrogens with one attached hydrogen (secondary N) is 1. The molecule has 0 radical (unpaired) electrons. The Labute approximate surface area is 102 Å². The Hall–Kier alpha value is -1.29. The zero-order chi connectivity index (χ0) is 12.1. The molecular weight excluding hydrogens is 214 g/mol. The van der Waals surface area contributed by atoms with Gasteiger partial charge in [0, 0.05) is 6.54 Å². The summed E-state index contributed by atoms with van der Waals surface area (Å²) in [4.78, 5) is 4.17. The van der Waals surface area contributed by atoms with Crippen molar-refractivity contribution in [1.29, 1.82) is 0 Å². The molecule has 1 fully saturated rings. The number of nitrogens with two attached hydrogens (primary N) is 1. The molecule has 17 heavy (non-hydrogen) atoms. The van der Waals surface area contributed by atoms with Gasteiger partial charge < -0.3 is 16.2 Å². The molecule has 0 atom stereocenters. The molecule has 4 heteroatoms. The van der Waals surface area contributed by atoms with E-state index in [0.717, 1.165) is 31.5 Å². The molecule has 1 aromatic heterocycles. The van der Waals surface area contributed by atoms with E-state index in [0.29, 0.717) is 12.2 Å². The Morgan fingerprint density at radius 3 is 2.53 bits per heavy atom. The molecule has 0 spiro atoms. The summed E-state index contributed by atoms with van der Waals surface area (Å²) in [6, 6.07) is 3.65. The number of anilines is 2. The summed E-state index contributed by atoms with van der Waals surface area (Å²) >= 11 is 0. The fourth-order valence-corrected chi connectivity index (χ4v) is 2.33. The number of hydrogen-bond donors (Lipinski definition) is 3. The van der Waals surface area contributed by atoms with Gasteiger partial charge in [0.2, 0.25) is 0 Å². The normalized spacial score (nSPS) is 19.6. The average molecular weight is 235 g/mol. The number of rotatable bonds is 3. The van der Waals surface area contributed by atoms with Crippen molar-refractivity contribution in [2.75, 3.05) is 17.6 Å². The van der Waals surface area contributed by atoms with E-state index in [1.807, 2.05) is 12.1 Å². The van der Waals surface area contributed by atoms with Crippen LogP contribution >= 0.6 is 0 Å². The quantitative estimate of drug-likeness (QED) is 0.702. The summed E-state index contributed by atoms with van der Waals surface area (Å²) < 4.78 is 0. The number of nitrogen functional groups attached to an aromatic ring is 1. The number of nitrogens with zero attached hydrogens (tertiary/aromatic N) is 1. The molecule has 4 N–H and O–H groups in total. The number of hydrogen-bond acceptors (Lipinski definition) is 4. The van der Waals surface area contributed by atoms with Gasteiger partial charge in [0.1, 0.15) is 5.82 Å². The molecule has 1 heterocycles. The second kappa shape index (κ2) is 5.36. The van der Waals surface area contributed by atoms with E-state index >= 15 is 0 Å². The van der Waals surface area contributed by atoms with Gasteiger partial charge in [-0.2, -0.15) is 0 Å². The molecule has 0 aromatic carbocycles. The first kappa shape index (κ1) is 12.2. The summed E-state index contributed by atoms with van der Waals surface area (Å²) in [5.74, 6) is 0.775. The first-order chi connectivity index (χ1) is 8.18. The van der Waals surface area contributed by atoms with E-state index in [-0.39, 0.29) is 0 Å². The highest BCUT2D eigenvalue weighted by atomic mass is 16.3. The highest BCUT2D eigenvalue weighted by Gasteiger charge is 2.27. The van der Waals surface area contributed by atoms with E-state index in [4.69, 9.17) is 5.73 Å². The van der Waals surface area contributed by atoms with Gasteiger partial charge >= 0.3 is 0 Å². The molecule has 0 amide bonds. The van der Waals surface area contributed by atoms with Crippen LogP contribution in [0.15, 0.2) is 18.3 Å². The molecule has 94 valence electrons. The van der Waals surface area contributed by atoms with Crippen LogP contribution in [0.25, 0.3) is 0 Å². The molecule has 2 rings (SSSR count). The van der Waals surface area contributed by atoms with Crippen LogP contribution in [0.3, 0.4) is 0 Å². The third kappa shape index (κ3) is 3.60. The topological polar surface area (TPSA) is 71.2 Å². The first-order valence-corrected chi connectivity index (χ1v) is 6.36. The molecule has 1 saturated carbocycles. The number of aromatic nitrogens is 1. The maximum Gasteiger partial charge on any atom is 0.126 e. The lowest BCUT2D eigenvalue weighted by Gasteiger charge is -2.27. The lowest BCUT2D eigenvalue weighted by atomic mass is 9.94. The van der Waals surface area contributed by atoms with Crippen molar-refractivity contribution in [3.8, 4) is 0 Å². The van der Waals surface area contributed by atoms with Crippen LogP contribution in [0.5, 0.6) is 0 Å². The minimum Gasteiger partial charge on any atom is -0.397 e. The predicted octanol–water partition coefficient (Wildman–Crippen LogP) is 2.16. The van der Waals surface area contributed by atoms with Gasteiger partial charge in [-0.1, -0.05) is 25.7 Å². The lowest BCUT2D eigenvalue weighted by molar-refractivity contribution is 0.0380. The van der Waals surface area contributed by atoms with Crippen LogP contribution in [0.1, 0.15) is 38.5 Å². The van der Waals surface area contributed by atoms with E-state index in [1.54, 1.807) is 6.20 Å². The highest BCUT2D eigenvalue weighted by molar-refractivity contribution is 5.43. The van der Waals surface area contributed by atoms with Crippen LogP contribution in [-0.2, 0) is 0 Å². The largest absolute Gasteiger partial charge is 0.397 e. The Kier molecular flexibility index (Phi) is 3.84. The van der Waals surface area contributed by atoms with Gasteiger partial charge in [-0.05, 0) is 25.0 Å². The molecule has 0 unspecified atom stereocenters. The van der Waals surface area contributed by atoms with Gasteiger partial charge in [0.15, 0.2) is 0 Å². The molecule has 1 aliphatic rings. The maximum absolute atomic E-state index is 10.5. The third-order valence-electron chi connectivity index (χ3n) is 3.42. The van der Waals surface area contributed by atoms with E-state index in [9.17, 15) is 5.11 Å². The fraction of sp³-hybridized carbons (Fsp3) is 0.615. The smallest absolute Gasteiger partial charge is 0.126 e. The molecule has 4 nitrogen and oxygen atoms in total. The monoisotopic (exact) mass is 235 g/mol. The van der Waals surface area contributed by atoms with Crippen LogP contribution in [0, 0.1) is 0 Å². The summed E-state index contributed by atoms with van der Waals surface area (Å²) in [7, 11) is 0. The predicted molar refractivity (Wildman–Crippen MR) is 69.8 cm³/mol. The van der Waals surface area contributed by atoms with Gasteiger partial charge in [-0.25, -0.2) is 4.98 Å². The summed E-state index contributed by atoms with van der Waals surface area (Å²) in [6.45, 7) is 0.573. The van der Waals surface area contributed by atoms with Gasteiger partial charge in [0.05, 0.1) is 17.5 Å². The lowest BCUT2D eigenvalue weighted by Crippen LogP contribution is -2.36. The zero-order valence-corrected chi connectivity index (χ0v) is 10.2. The maximum atomic E-state index is 10.5. The van der Waals surface area contributed by atoms with Crippen molar-refractivity contribution in [2.24, 2.45) is 0 Å². The van der Waals surface area contributed by atoms with E-state index < -0.39 is 5.60 Å². The van der Waals surface area contributed by atoms with E-state index in [2.05, 4.69) is 10.3 Å². The second-order valence-electron chi connectivity index (χ2n) is 4.97. The highest BCUT2D eigenvalue weighted by Crippen LogP contribution is 2.27. The van der Waals surface area contributed by atoms with Crippen molar-refractivity contribution in [1.82, 2.24) is 4.98 Å². The Morgan fingerprint density at radius 1 is 1.24 bits per heavy atom. The molecular formula is C13H21N3O. The van der Waals surface area contributed by atoms with Crippen molar-refractivity contribution in [2.45, 2.75) is 44.1 Å². The van der Waals surface area contributed by atoms with Crippen molar-refractivity contribution >= 4 is 11.5 Å². The third-order valence-corrected chi connectivity index (χ3v) is 3.42. The fourth-order valence-electron chi connectivity index (χ4n) is 2.33. The number of aliphatic hydroxyl groups is 1. The van der Waals surface area contributed by atoms with Gasteiger partial charge in [-0.3, -0.25) is 0 Å². The Bertz CT molecular complexity index is 342. The standard InChI is InChI=1S/C13H21N3O/c14-11-5-6-12(15-9-11)16-10-13(17)7-3-1-2-4-8-13/h5-6,9,17H,1-4,7-8,10,14H2,(H,15,16). The Balaban J connectivity index is 1.89. The Morgan fingerprint density at radius 2 is 1.94 bits per heavy atom. The van der Waals surface area contributed by atoms with Gasteiger partial charge in [-0.15, -0.1) is 0 Å². The minimum absolute atomic E-state index is 0.570. The SMILES string of the molecule is Nc1ccc(NCC2(O)CCCCCC2)nc1. The molecule has 0 aliphatic heterocycles. The van der Waals surface area contributed by atoms with Crippen LogP contribution in [0.2, 0.25) is 0 Å². The molecule has 0 saturated heterocycles. The first-order valence-electron chi connectivity index (χ1n) is 6.36. The molecule has 1 aromatic rings. The van der Waals surface area contributed by atoms with Crippen LogP contribution in [-0.4, -0.2) is 22.2 Å². The molecule has 1 aliphatic carbocycles. The van der Waals surface area contributed by atoms with Crippen LogP contribution < -0.4 is 11.1 Å². The van der Waals surface area contributed by atoms with Gasteiger partial charge in [0.25, 0.3) is 0 Å². The van der Waals surface area contributed by atoms with Crippen LogP contribution in [0.4, 0.5) is 11.5 Å². The zero-order valence-electron chi connectivity index (χ0n) is 10.2. The summed E-state index contributed by atoms with van der Waals surface area (Å²) in [5.41, 5.74) is 5.66. The summed E-state index contributed by atoms with van der Waals surface area (Å²) in [6.07, 6.45) is 8.11. The van der Waals surface area contributed by atoms with Crippen molar-refractivity contribution < 1.29 is 5.11 Å². The van der Waals surface area contributed by atoms with E-state index in [1.165, 1.54) is 12.8 Å². The summed E-state index contributed by atoms with van der Waals surface area (Å²) in [5, 5.41) is 13.6. The minimum atomic E-state index is -0.570. The van der Waals surface area contributed by atoms with Crippen molar-refractivity contribution in [3.63, 3.8) is 0 Å². The van der Waals surface area contributed by atoms with Crippen molar-refractivity contribution in [3.05, 3.63) is 18.3 Å². The second-order valence-corrected chi connectivity index (χ2v) is 4.97.